The standard InChI is InChI=1S/C11H21NO/c1-10(2)12-8-9-13-11(12)6-4-3-5-7-11/h10H,3-9H2,1-2H3. The molecule has 1 saturated heterocycles. The van der Waals surface area contributed by atoms with E-state index in [2.05, 4.69) is 18.7 Å². The quantitative estimate of drug-likeness (QED) is 0.619. The first-order valence-electron chi connectivity index (χ1n) is 5.65. The van der Waals surface area contributed by atoms with Crippen molar-refractivity contribution in [2.24, 2.45) is 0 Å². The number of rotatable bonds is 1. The summed E-state index contributed by atoms with van der Waals surface area (Å²) in [5.74, 6) is 0. The van der Waals surface area contributed by atoms with Crippen LogP contribution in [0.25, 0.3) is 0 Å². The van der Waals surface area contributed by atoms with Crippen LogP contribution in [0.15, 0.2) is 0 Å². The molecular formula is C11H21NO. The maximum atomic E-state index is 5.98. The van der Waals surface area contributed by atoms with Crippen LogP contribution in [-0.2, 0) is 4.74 Å². The molecule has 0 aromatic rings. The summed E-state index contributed by atoms with van der Waals surface area (Å²) >= 11 is 0. The van der Waals surface area contributed by atoms with Crippen LogP contribution >= 0.6 is 0 Å². The van der Waals surface area contributed by atoms with Gasteiger partial charge in [0.25, 0.3) is 0 Å². The highest BCUT2D eigenvalue weighted by Crippen LogP contribution is 2.38. The van der Waals surface area contributed by atoms with E-state index in [9.17, 15) is 0 Å². The molecule has 1 heterocycles. The monoisotopic (exact) mass is 183 g/mol. The summed E-state index contributed by atoms with van der Waals surface area (Å²) in [6.45, 7) is 6.64. The fraction of sp³-hybridized carbons (Fsp3) is 1.00. The Morgan fingerprint density at radius 1 is 1.15 bits per heavy atom. The molecule has 0 N–H and O–H groups in total. The zero-order chi connectivity index (χ0) is 9.31. The van der Waals surface area contributed by atoms with Gasteiger partial charge in [0.2, 0.25) is 0 Å². The molecule has 13 heavy (non-hydrogen) atoms. The van der Waals surface area contributed by atoms with Gasteiger partial charge < -0.3 is 4.74 Å². The molecule has 0 radical (unpaired) electrons. The summed E-state index contributed by atoms with van der Waals surface area (Å²) in [5, 5.41) is 0. The SMILES string of the molecule is CC(C)N1CCOC12CCCCC2. The van der Waals surface area contributed by atoms with Gasteiger partial charge in [-0.1, -0.05) is 6.42 Å². The van der Waals surface area contributed by atoms with Crippen molar-refractivity contribution in [3.63, 3.8) is 0 Å². The van der Waals surface area contributed by atoms with Crippen LogP contribution in [0.4, 0.5) is 0 Å². The fourth-order valence-corrected chi connectivity index (χ4v) is 2.89. The van der Waals surface area contributed by atoms with Gasteiger partial charge in [0.15, 0.2) is 0 Å². The van der Waals surface area contributed by atoms with Crippen LogP contribution in [0.2, 0.25) is 0 Å². The zero-order valence-electron chi connectivity index (χ0n) is 8.88. The Morgan fingerprint density at radius 3 is 2.46 bits per heavy atom. The normalized spacial score (nSPS) is 28.8. The van der Waals surface area contributed by atoms with Crippen LogP contribution in [0.3, 0.4) is 0 Å². The van der Waals surface area contributed by atoms with E-state index in [0.717, 1.165) is 13.2 Å². The Balaban J connectivity index is 2.09. The molecule has 76 valence electrons. The Labute approximate surface area is 81.3 Å². The number of hydrogen-bond acceptors (Lipinski definition) is 2. The number of hydrogen-bond donors (Lipinski definition) is 0. The summed E-state index contributed by atoms with van der Waals surface area (Å²) in [7, 11) is 0. The first-order chi connectivity index (χ1) is 6.25. The van der Waals surface area contributed by atoms with Gasteiger partial charge >= 0.3 is 0 Å². The zero-order valence-corrected chi connectivity index (χ0v) is 8.88. The van der Waals surface area contributed by atoms with Crippen molar-refractivity contribution in [1.82, 2.24) is 4.90 Å². The Bertz CT molecular complexity index is 173. The molecule has 0 bridgehead atoms. The highest BCUT2D eigenvalue weighted by molar-refractivity contribution is 4.90. The van der Waals surface area contributed by atoms with Crippen molar-refractivity contribution >= 4 is 0 Å². The van der Waals surface area contributed by atoms with Crippen molar-refractivity contribution in [2.75, 3.05) is 13.2 Å². The second-order valence-electron chi connectivity index (χ2n) is 4.64. The van der Waals surface area contributed by atoms with Crippen LogP contribution in [0.1, 0.15) is 46.0 Å². The molecule has 0 atom stereocenters. The van der Waals surface area contributed by atoms with E-state index in [1.54, 1.807) is 0 Å². The lowest BCUT2D eigenvalue weighted by Gasteiger charge is -2.42. The molecule has 1 aliphatic heterocycles. The first kappa shape index (κ1) is 9.47. The molecule has 0 amide bonds. The lowest BCUT2D eigenvalue weighted by Crippen LogP contribution is -2.49. The Hall–Kier alpha value is -0.0800. The minimum Gasteiger partial charge on any atom is -0.359 e. The van der Waals surface area contributed by atoms with E-state index in [1.165, 1.54) is 32.1 Å². The van der Waals surface area contributed by atoms with Crippen LogP contribution in [0.5, 0.6) is 0 Å². The van der Waals surface area contributed by atoms with E-state index in [4.69, 9.17) is 4.74 Å². The summed E-state index contributed by atoms with van der Waals surface area (Å²) < 4.78 is 5.98. The van der Waals surface area contributed by atoms with Gasteiger partial charge in [-0.25, -0.2) is 0 Å². The van der Waals surface area contributed by atoms with Gasteiger partial charge in [0.05, 0.1) is 6.61 Å². The number of nitrogens with zero attached hydrogens (tertiary/aromatic N) is 1. The van der Waals surface area contributed by atoms with Crippen LogP contribution < -0.4 is 0 Å². The van der Waals surface area contributed by atoms with Gasteiger partial charge in [0, 0.05) is 12.6 Å². The highest BCUT2D eigenvalue weighted by atomic mass is 16.5. The van der Waals surface area contributed by atoms with E-state index < -0.39 is 0 Å². The third-order valence-corrected chi connectivity index (χ3v) is 3.48. The largest absolute Gasteiger partial charge is 0.359 e. The predicted molar refractivity (Wildman–Crippen MR) is 53.6 cm³/mol. The summed E-state index contributed by atoms with van der Waals surface area (Å²) in [6.07, 6.45) is 6.61. The molecule has 2 rings (SSSR count). The molecule has 0 unspecified atom stereocenters. The van der Waals surface area contributed by atoms with E-state index >= 15 is 0 Å². The lowest BCUT2D eigenvalue weighted by atomic mass is 9.90. The van der Waals surface area contributed by atoms with Crippen molar-refractivity contribution in [3.05, 3.63) is 0 Å². The van der Waals surface area contributed by atoms with Crippen molar-refractivity contribution in [1.29, 1.82) is 0 Å². The average molecular weight is 183 g/mol. The second-order valence-corrected chi connectivity index (χ2v) is 4.64. The van der Waals surface area contributed by atoms with Gasteiger partial charge in [-0.15, -0.1) is 0 Å². The van der Waals surface area contributed by atoms with Crippen molar-refractivity contribution < 1.29 is 4.74 Å². The average Bonchev–Trinajstić information content (AvgIpc) is 2.50. The van der Waals surface area contributed by atoms with Crippen molar-refractivity contribution in [2.45, 2.75) is 57.7 Å². The van der Waals surface area contributed by atoms with E-state index in [-0.39, 0.29) is 5.72 Å². The third-order valence-electron chi connectivity index (χ3n) is 3.48. The van der Waals surface area contributed by atoms with Crippen molar-refractivity contribution in [3.8, 4) is 0 Å². The van der Waals surface area contributed by atoms with Gasteiger partial charge in [-0.05, 0) is 39.5 Å². The molecule has 2 fully saturated rings. The molecule has 0 aromatic heterocycles. The molecule has 1 aliphatic carbocycles. The summed E-state index contributed by atoms with van der Waals surface area (Å²) in [6, 6.07) is 0.639. The van der Waals surface area contributed by atoms with E-state index in [0.29, 0.717) is 6.04 Å². The summed E-state index contributed by atoms with van der Waals surface area (Å²) in [5.41, 5.74) is 0.145. The van der Waals surface area contributed by atoms with Gasteiger partial charge in [0.1, 0.15) is 5.72 Å². The molecule has 0 aromatic carbocycles. The molecule has 1 saturated carbocycles. The molecule has 2 heteroatoms. The van der Waals surface area contributed by atoms with Crippen LogP contribution in [0, 0.1) is 0 Å². The minimum absolute atomic E-state index is 0.145. The first-order valence-corrected chi connectivity index (χ1v) is 5.65. The van der Waals surface area contributed by atoms with Gasteiger partial charge in [-0.2, -0.15) is 0 Å². The molecular weight excluding hydrogens is 162 g/mol. The topological polar surface area (TPSA) is 12.5 Å². The Morgan fingerprint density at radius 2 is 1.85 bits per heavy atom. The Kier molecular flexibility index (Phi) is 2.61. The fourth-order valence-electron chi connectivity index (χ4n) is 2.89. The van der Waals surface area contributed by atoms with E-state index in [1.807, 2.05) is 0 Å². The molecule has 1 spiro atoms. The maximum absolute atomic E-state index is 5.98. The van der Waals surface area contributed by atoms with Crippen LogP contribution in [-0.4, -0.2) is 29.8 Å². The predicted octanol–water partition coefficient (Wildman–Crippen LogP) is 2.39. The lowest BCUT2D eigenvalue weighted by molar-refractivity contribution is -0.117. The third kappa shape index (κ3) is 1.62. The highest BCUT2D eigenvalue weighted by Gasteiger charge is 2.43. The molecule has 2 nitrogen and oxygen atoms in total. The molecule has 2 aliphatic rings. The maximum Gasteiger partial charge on any atom is 0.122 e. The smallest absolute Gasteiger partial charge is 0.122 e. The number of ether oxygens (including phenoxy) is 1. The minimum atomic E-state index is 0.145. The summed E-state index contributed by atoms with van der Waals surface area (Å²) in [4.78, 5) is 2.56. The second kappa shape index (κ2) is 3.58. The van der Waals surface area contributed by atoms with Gasteiger partial charge in [-0.3, -0.25) is 4.90 Å².